The van der Waals surface area contributed by atoms with E-state index in [2.05, 4.69) is 56.2 Å². The highest BCUT2D eigenvalue weighted by molar-refractivity contribution is 7.19. The average molecular weight is 821 g/mol. The zero-order valence-electron chi connectivity index (χ0n) is 32.3. The Bertz CT molecular complexity index is 2270. The summed E-state index contributed by atoms with van der Waals surface area (Å²) in [6.07, 6.45) is 22.0. The van der Waals surface area contributed by atoms with Crippen LogP contribution in [0.25, 0.3) is 21.1 Å². The fourth-order valence-electron chi connectivity index (χ4n) is 7.15. The number of hydrogen-bond donors (Lipinski definition) is 4. The van der Waals surface area contributed by atoms with E-state index in [-0.39, 0.29) is 12.2 Å². The molecule has 9 rings (SSSR count). The molecule has 6 aromatic heterocycles. The molecule has 3 aliphatic rings. The van der Waals surface area contributed by atoms with Crippen molar-refractivity contribution >= 4 is 44.7 Å². The Morgan fingerprint density at radius 3 is 2.17 bits per heavy atom. The molecule has 3 fully saturated rings. The number of aromatic nitrogens is 9. The molecule has 58 heavy (non-hydrogen) atoms. The summed E-state index contributed by atoms with van der Waals surface area (Å²) in [7, 11) is 1.92. The highest BCUT2D eigenvalue weighted by atomic mass is 32.1. The predicted molar refractivity (Wildman–Crippen MR) is 220 cm³/mol. The minimum absolute atomic E-state index is 0.0665. The summed E-state index contributed by atoms with van der Waals surface area (Å²) in [6.45, 7) is 3.21. The number of rotatable bonds is 16. The number of pyridine rings is 1. The van der Waals surface area contributed by atoms with Crippen LogP contribution in [0.1, 0.15) is 62.5 Å². The first kappa shape index (κ1) is 38.3. The second-order valence-corrected chi connectivity index (χ2v) is 17.0. The zero-order valence-corrected chi connectivity index (χ0v) is 33.9. The second kappa shape index (κ2) is 17.7. The van der Waals surface area contributed by atoms with Crippen molar-refractivity contribution in [2.75, 3.05) is 30.9 Å². The van der Waals surface area contributed by atoms with Crippen LogP contribution in [0.4, 0.5) is 22.0 Å². The summed E-state index contributed by atoms with van der Waals surface area (Å²) in [5, 5.41) is 14.6. The van der Waals surface area contributed by atoms with Gasteiger partial charge in [0.05, 0.1) is 36.2 Å². The third kappa shape index (κ3) is 9.70. The van der Waals surface area contributed by atoms with Gasteiger partial charge in [0.1, 0.15) is 29.6 Å². The molecule has 0 atom stereocenters. The first-order valence-corrected chi connectivity index (χ1v) is 21.4. The number of hydrogen-bond acceptors (Lipinski definition) is 17. The maximum Gasteiger partial charge on any atom is 0.500 e. The molecule has 0 bridgehead atoms. The van der Waals surface area contributed by atoms with E-state index >= 15 is 0 Å². The van der Waals surface area contributed by atoms with Crippen LogP contribution in [-0.4, -0.2) is 72.3 Å². The van der Waals surface area contributed by atoms with Crippen molar-refractivity contribution in [3.8, 4) is 33.2 Å². The van der Waals surface area contributed by atoms with Crippen molar-refractivity contribution in [2.24, 2.45) is 5.41 Å². The molecular formula is C40H46N13O3S2+. The first-order chi connectivity index (χ1) is 28.5. The topological polar surface area (TPSA) is 183 Å². The third-order valence-electron chi connectivity index (χ3n) is 10.7. The van der Waals surface area contributed by atoms with E-state index in [0.717, 1.165) is 75.4 Å². The van der Waals surface area contributed by atoms with Crippen LogP contribution >= 0.6 is 22.7 Å². The highest BCUT2D eigenvalue weighted by Crippen LogP contribution is 2.56. The summed E-state index contributed by atoms with van der Waals surface area (Å²) in [5.41, 5.74) is 4.20. The van der Waals surface area contributed by atoms with Crippen molar-refractivity contribution in [3.05, 3.63) is 78.8 Å². The van der Waals surface area contributed by atoms with E-state index in [4.69, 9.17) is 19.2 Å². The van der Waals surface area contributed by atoms with E-state index in [1.165, 1.54) is 48.4 Å². The fourth-order valence-corrected chi connectivity index (χ4v) is 8.72. The fraction of sp³-hybridized carbons (Fsp3) is 0.425. The lowest BCUT2D eigenvalue weighted by Gasteiger charge is -2.27. The predicted octanol–water partition coefficient (Wildman–Crippen LogP) is 6.20. The molecule has 1 spiro atoms. The van der Waals surface area contributed by atoms with E-state index in [9.17, 15) is 0 Å². The quantitative estimate of drug-likeness (QED) is 0.0809. The van der Waals surface area contributed by atoms with Gasteiger partial charge < -0.3 is 30.2 Å². The largest absolute Gasteiger partial charge is 0.500 e. The minimum Gasteiger partial charge on any atom is -0.460 e. The molecule has 0 unspecified atom stereocenters. The number of nitrogens with one attached hydrogen (secondary N) is 4. The summed E-state index contributed by atoms with van der Waals surface area (Å²) in [4.78, 5) is 38.5. The van der Waals surface area contributed by atoms with Crippen LogP contribution in [0.3, 0.4) is 0 Å². The molecule has 2 saturated carbocycles. The van der Waals surface area contributed by atoms with E-state index < -0.39 is 0 Å². The molecule has 300 valence electrons. The molecule has 6 aromatic rings. The molecule has 1 saturated heterocycles. The van der Waals surface area contributed by atoms with Gasteiger partial charge in [0, 0.05) is 68.5 Å². The van der Waals surface area contributed by atoms with Crippen molar-refractivity contribution in [3.63, 3.8) is 0 Å². The van der Waals surface area contributed by atoms with Gasteiger partial charge in [0.2, 0.25) is 11.6 Å². The highest BCUT2D eigenvalue weighted by Gasteiger charge is 2.45. The molecule has 0 radical (unpaired) electrons. The lowest BCUT2D eigenvalue weighted by Crippen LogP contribution is -2.44. The van der Waals surface area contributed by atoms with E-state index in [0.29, 0.717) is 54.9 Å². The molecule has 16 nitrogen and oxygen atoms in total. The van der Waals surface area contributed by atoms with Crippen LogP contribution in [0.2, 0.25) is 0 Å². The maximum absolute atomic E-state index is 6.65. The summed E-state index contributed by atoms with van der Waals surface area (Å²) < 4.78 is 20.1. The van der Waals surface area contributed by atoms with Gasteiger partial charge in [-0.05, 0) is 73.7 Å². The second-order valence-electron chi connectivity index (χ2n) is 14.9. The lowest BCUT2D eigenvalue weighted by molar-refractivity contribution is -0.710. The van der Waals surface area contributed by atoms with Crippen molar-refractivity contribution in [1.29, 1.82) is 0 Å². The normalized spacial score (nSPS) is 16.6. The van der Waals surface area contributed by atoms with Gasteiger partial charge in [-0.1, -0.05) is 28.7 Å². The van der Waals surface area contributed by atoms with Gasteiger partial charge in [-0.25, -0.2) is 29.9 Å². The van der Waals surface area contributed by atoms with Gasteiger partial charge in [-0.2, -0.15) is 9.55 Å². The Balaban J connectivity index is 0.814. The number of nitrogens with zero attached hydrogens (tertiary/aromatic N) is 9. The average Bonchev–Trinajstić information content (AvgIpc) is 3.57. The molecule has 2 aliphatic carbocycles. The standard InChI is InChI=1S/C40H45N13O3S2/c1-41-18-26-2-3-34(44-20-26)51-37-47-24-33(57-37)31-7-15-53(39(50-31)56-28-4-10-40(11-5-28)12-13-40)25-42-19-27-21-45-35(46-22-27)52-38-48-23-32(58-38)30-6-14-43-36(49-30)55-29-8-16-54-17-9-29/h2-3,6-7,14-15,20-24,28-29,41-42H,4-5,8-13,16-19,25H2,1H3,(H,43,45,46,48,49,52)/p+1. The zero-order chi connectivity index (χ0) is 39.2. The summed E-state index contributed by atoms with van der Waals surface area (Å²) in [5.74, 6) is 1.21. The minimum atomic E-state index is 0.0665. The SMILES string of the molecule is CNCc1ccc(Nc2ncc(-c3cc[n+](CNCc4cnc(Nc5ncc(-c6ccnc(OC7CCOCC7)n6)s5)nc4)c(OC4CCC5(CC4)CC5)n3)s2)nc1. The Morgan fingerprint density at radius 1 is 0.724 bits per heavy atom. The van der Waals surface area contributed by atoms with Gasteiger partial charge in [-0.3, -0.25) is 5.32 Å². The molecule has 0 aromatic carbocycles. The van der Waals surface area contributed by atoms with Crippen LogP contribution in [-0.2, 0) is 24.5 Å². The summed E-state index contributed by atoms with van der Waals surface area (Å²) >= 11 is 2.99. The van der Waals surface area contributed by atoms with Gasteiger partial charge >= 0.3 is 12.0 Å². The van der Waals surface area contributed by atoms with Gasteiger partial charge in [-0.15, -0.1) is 0 Å². The van der Waals surface area contributed by atoms with Gasteiger partial charge in [0.25, 0.3) is 0 Å². The smallest absolute Gasteiger partial charge is 0.460 e. The molecule has 4 N–H and O–H groups in total. The lowest BCUT2D eigenvalue weighted by atomic mass is 9.85. The number of ether oxygens (including phenoxy) is 3. The van der Waals surface area contributed by atoms with Crippen LogP contribution in [0, 0.1) is 5.41 Å². The Hall–Kier alpha value is -5.27. The van der Waals surface area contributed by atoms with E-state index in [1.807, 2.05) is 66.9 Å². The molecule has 1 aliphatic heterocycles. The first-order valence-electron chi connectivity index (χ1n) is 19.8. The molecule has 18 heteroatoms. The summed E-state index contributed by atoms with van der Waals surface area (Å²) in [6, 6.07) is 8.83. The molecule has 0 amide bonds. The van der Waals surface area contributed by atoms with Crippen molar-refractivity contribution < 1.29 is 18.8 Å². The molecular weight excluding hydrogens is 775 g/mol. The van der Waals surface area contributed by atoms with Crippen molar-refractivity contribution in [2.45, 2.75) is 83.3 Å². The number of anilines is 4. The van der Waals surface area contributed by atoms with E-state index in [1.54, 1.807) is 12.4 Å². The van der Waals surface area contributed by atoms with Crippen LogP contribution < -0.4 is 35.3 Å². The Kier molecular flexibility index (Phi) is 11.7. The third-order valence-corrected chi connectivity index (χ3v) is 12.5. The number of thiazole rings is 2. The molecule has 7 heterocycles. The Labute approximate surface area is 344 Å². The van der Waals surface area contributed by atoms with Gasteiger partial charge in [0.15, 0.2) is 10.3 Å². The van der Waals surface area contributed by atoms with Crippen LogP contribution in [0.15, 0.2) is 67.6 Å². The maximum atomic E-state index is 6.65. The van der Waals surface area contributed by atoms with Crippen LogP contribution in [0.5, 0.6) is 12.0 Å². The monoisotopic (exact) mass is 820 g/mol. The van der Waals surface area contributed by atoms with Crippen molar-refractivity contribution in [1.82, 2.24) is 50.5 Å². The Morgan fingerprint density at radius 2 is 1.45 bits per heavy atom.